The summed E-state index contributed by atoms with van der Waals surface area (Å²) in [7, 11) is 2.23. The number of carbonyl (C=O) groups excluding carboxylic acids is 1. The molecular formula is C21H25F3N4OS. The fraction of sp³-hybridized carbons (Fsp3) is 0.381. The molecule has 0 radical (unpaired) electrons. The average Bonchev–Trinajstić information content (AvgIpc) is 3.26. The van der Waals surface area contributed by atoms with Crippen LogP contribution in [0, 0.1) is 5.92 Å². The lowest BCUT2D eigenvalue weighted by Gasteiger charge is -2.17. The molecular weight excluding hydrogens is 413 g/mol. The summed E-state index contributed by atoms with van der Waals surface area (Å²) >= 11 is 0.844. The van der Waals surface area contributed by atoms with Crippen molar-refractivity contribution >= 4 is 28.3 Å². The molecule has 0 aliphatic heterocycles. The van der Waals surface area contributed by atoms with Gasteiger partial charge in [0, 0.05) is 32.2 Å². The van der Waals surface area contributed by atoms with Gasteiger partial charge in [-0.05, 0) is 12.0 Å². The molecule has 5 nitrogen and oxygen atoms in total. The number of halogens is 3. The van der Waals surface area contributed by atoms with E-state index in [2.05, 4.69) is 10.1 Å². The Morgan fingerprint density at radius 1 is 1.27 bits per heavy atom. The maximum atomic E-state index is 13.7. The molecule has 3 rings (SSSR count). The van der Waals surface area contributed by atoms with E-state index in [1.54, 1.807) is 18.0 Å². The first-order chi connectivity index (χ1) is 14.2. The molecule has 0 fully saturated rings. The number of hydrogen-bond donors (Lipinski definition) is 0. The van der Waals surface area contributed by atoms with Gasteiger partial charge in [-0.1, -0.05) is 55.5 Å². The Morgan fingerprint density at radius 3 is 2.47 bits per heavy atom. The predicted molar refractivity (Wildman–Crippen MR) is 114 cm³/mol. The lowest BCUT2D eigenvalue weighted by molar-refractivity contribution is -0.125. The van der Waals surface area contributed by atoms with Crippen molar-refractivity contribution < 1.29 is 18.0 Å². The van der Waals surface area contributed by atoms with Gasteiger partial charge in [-0.2, -0.15) is 13.9 Å². The topological polar surface area (TPSA) is 50.5 Å². The van der Waals surface area contributed by atoms with Gasteiger partial charge in [-0.15, -0.1) is 0 Å². The van der Waals surface area contributed by atoms with Crippen molar-refractivity contribution in [3.05, 3.63) is 47.1 Å². The number of fused-ring (bicyclic) bond motifs is 1. The molecule has 2 heterocycles. The fourth-order valence-corrected chi connectivity index (χ4v) is 3.65. The standard InChI is InChI=1S/C20H22F2N4OS.CH3F/c1-13(2)12-25(4)16(27)11-10-15-17(14-8-6-5-7-9-14)23-19-26(15)24-18(28-19)20(3,21)22;1-2/h5-11,13H,12H2,1-4H3;1H3/b11-10+;. The van der Waals surface area contributed by atoms with Crippen molar-refractivity contribution in [2.75, 3.05) is 20.8 Å². The minimum Gasteiger partial charge on any atom is -0.342 e. The van der Waals surface area contributed by atoms with Crippen LogP contribution >= 0.6 is 11.3 Å². The van der Waals surface area contributed by atoms with Gasteiger partial charge >= 0.3 is 0 Å². The maximum absolute atomic E-state index is 13.7. The summed E-state index contributed by atoms with van der Waals surface area (Å²) in [5.41, 5.74) is 1.92. The van der Waals surface area contributed by atoms with Gasteiger partial charge in [-0.3, -0.25) is 9.18 Å². The highest BCUT2D eigenvalue weighted by molar-refractivity contribution is 7.16. The van der Waals surface area contributed by atoms with Crippen molar-refractivity contribution in [2.24, 2.45) is 5.92 Å². The molecule has 1 amide bonds. The number of amides is 1. The van der Waals surface area contributed by atoms with Gasteiger partial charge in [-0.25, -0.2) is 9.50 Å². The van der Waals surface area contributed by atoms with Crippen LogP contribution < -0.4 is 0 Å². The number of nitrogens with zero attached hydrogens (tertiary/aromatic N) is 4. The van der Waals surface area contributed by atoms with Crippen molar-refractivity contribution in [3.8, 4) is 11.3 Å². The third kappa shape index (κ3) is 5.47. The van der Waals surface area contributed by atoms with Crippen molar-refractivity contribution in [2.45, 2.75) is 26.7 Å². The number of aromatic nitrogens is 3. The molecule has 0 aliphatic carbocycles. The molecule has 9 heteroatoms. The largest absolute Gasteiger partial charge is 0.342 e. The third-order valence-electron chi connectivity index (χ3n) is 4.06. The van der Waals surface area contributed by atoms with Gasteiger partial charge in [0.05, 0.1) is 18.6 Å². The van der Waals surface area contributed by atoms with E-state index in [-0.39, 0.29) is 10.9 Å². The number of hydrogen-bond acceptors (Lipinski definition) is 4. The minimum absolute atomic E-state index is 0.168. The van der Waals surface area contributed by atoms with E-state index in [0.29, 0.717) is 36.0 Å². The molecule has 0 unspecified atom stereocenters. The highest BCUT2D eigenvalue weighted by Gasteiger charge is 2.31. The number of alkyl halides is 3. The molecule has 0 spiro atoms. The van der Waals surface area contributed by atoms with Gasteiger partial charge < -0.3 is 4.90 Å². The van der Waals surface area contributed by atoms with Crippen LogP contribution in [0.15, 0.2) is 36.4 Å². The maximum Gasteiger partial charge on any atom is 0.298 e. The smallest absolute Gasteiger partial charge is 0.298 e. The highest BCUT2D eigenvalue weighted by Crippen LogP contribution is 2.34. The van der Waals surface area contributed by atoms with E-state index < -0.39 is 5.92 Å². The molecule has 162 valence electrons. The fourth-order valence-electron chi connectivity index (χ4n) is 2.81. The van der Waals surface area contributed by atoms with Crippen LogP contribution in [0.5, 0.6) is 0 Å². The Morgan fingerprint density at radius 2 is 1.90 bits per heavy atom. The summed E-state index contributed by atoms with van der Waals surface area (Å²) in [6.45, 7) is 5.50. The zero-order valence-corrected chi connectivity index (χ0v) is 18.4. The second kappa shape index (κ2) is 9.88. The molecule has 3 aromatic rings. The minimum atomic E-state index is -3.05. The monoisotopic (exact) mass is 438 g/mol. The van der Waals surface area contributed by atoms with E-state index in [1.807, 2.05) is 44.2 Å². The predicted octanol–water partition coefficient (Wildman–Crippen LogP) is 5.28. The molecule has 0 N–H and O–H groups in total. The van der Waals surface area contributed by atoms with Crippen LogP contribution in [0.3, 0.4) is 0 Å². The SMILES string of the molecule is CC(C)CN(C)C(=O)/C=C/c1c(-c2ccccc2)nc2sc(C(C)(F)F)nn12.CF. The van der Waals surface area contributed by atoms with Crippen LogP contribution in [0.1, 0.15) is 31.5 Å². The molecule has 2 aromatic heterocycles. The van der Waals surface area contributed by atoms with E-state index in [1.165, 1.54) is 10.6 Å². The van der Waals surface area contributed by atoms with E-state index in [9.17, 15) is 18.0 Å². The first-order valence-electron chi connectivity index (χ1n) is 9.31. The Labute approximate surface area is 177 Å². The molecule has 0 saturated heterocycles. The van der Waals surface area contributed by atoms with Gasteiger partial charge in [0.2, 0.25) is 10.9 Å². The van der Waals surface area contributed by atoms with Crippen LogP contribution in [-0.4, -0.2) is 46.2 Å². The number of benzene rings is 1. The summed E-state index contributed by atoms with van der Waals surface area (Å²) in [5.74, 6) is -2.87. The van der Waals surface area contributed by atoms with Crippen LogP contribution in [0.2, 0.25) is 0 Å². The van der Waals surface area contributed by atoms with Crippen LogP contribution in [-0.2, 0) is 10.7 Å². The third-order valence-corrected chi connectivity index (χ3v) is 5.14. The van der Waals surface area contributed by atoms with Crippen LogP contribution in [0.4, 0.5) is 13.2 Å². The van der Waals surface area contributed by atoms with Crippen molar-refractivity contribution in [1.82, 2.24) is 19.5 Å². The molecule has 0 bridgehead atoms. The number of rotatable bonds is 6. The Kier molecular flexibility index (Phi) is 7.77. The second-order valence-electron chi connectivity index (χ2n) is 7.15. The zero-order valence-electron chi connectivity index (χ0n) is 17.6. The summed E-state index contributed by atoms with van der Waals surface area (Å²) in [5, 5.41) is 3.74. The van der Waals surface area contributed by atoms with Gasteiger partial charge in [0.25, 0.3) is 5.92 Å². The lowest BCUT2D eigenvalue weighted by atomic mass is 10.1. The van der Waals surface area contributed by atoms with E-state index in [0.717, 1.165) is 23.8 Å². The van der Waals surface area contributed by atoms with Crippen molar-refractivity contribution in [1.29, 1.82) is 0 Å². The molecule has 30 heavy (non-hydrogen) atoms. The summed E-state index contributed by atoms with van der Waals surface area (Å²) in [4.78, 5) is 18.9. The number of likely N-dealkylation sites (N-methyl/N-ethyl adjacent to an activating group) is 1. The van der Waals surface area contributed by atoms with Crippen molar-refractivity contribution in [3.63, 3.8) is 0 Å². The number of imidazole rings is 1. The van der Waals surface area contributed by atoms with E-state index >= 15 is 0 Å². The second-order valence-corrected chi connectivity index (χ2v) is 8.10. The number of carbonyl (C=O) groups is 1. The Bertz CT molecular complexity index is 1010. The van der Waals surface area contributed by atoms with Gasteiger partial charge in [0.1, 0.15) is 0 Å². The first kappa shape index (κ1) is 23.6. The zero-order chi connectivity index (χ0) is 22.5. The quantitative estimate of drug-likeness (QED) is 0.492. The summed E-state index contributed by atoms with van der Waals surface area (Å²) in [6.07, 6.45) is 3.03. The first-order valence-corrected chi connectivity index (χ1v) is 10.1. The molecule has 0 saturated carbocycles. The summed E-state index contributed by atoms with van der Waals surface area (Å²) in [6, 6.07) is 9.39. The van der Waals surface area contributed by atoms with Gasteiger partial charge in [0.15, 0.2) is 5.01 Å². The highest BCUT2D eigenvalue weighted by atomic mass is 32.1. The lowest BCUT2D eigenvalue weighted by Crippen LogP contribution is -2.28. The molecule has 0 atom stereocenters. The Balaban J connectivity index is 0.00000155. The van der Waals surface area contributed by atoms with E-state index in [4.69, 9.17) is 0 Å². The molecule has 1 aromatic carbocycles. The summed E-state index contributed by atoms with van der Waals surface area (Å²) < 4.78 is 38.3. The average molecular weight is 439 g/mol. The Hall–Kier alpha value is -2.68. The van der Waals surface area contributed by atoms with Crippen LogP contribution in [0.25, 0.3) is 22.3 Å². The molecule has 0 aliphatic rings. The normalized spacial score (nSPS) is 11.8.